The molecular weight excluding hydrogens is 259 g/mol. The van der Waals surface area contributed by atoms with Crippen molar-refractivity contribution in [3.05, 3.63) is 42.2 Å². The Morgan fingerprint density at radius 1 is 1.42 bits per heavy atom. The zero-order chi connectivity index (χ0) is 14.6. The summed E-state index contributed by atoms with van der Waals surface area (Å²) >= 11 is 0. The van der Waals surface area contributed by atoms with Crippen molar-refractivity contribution in [1.82, 2.24) is 0 Å². The summed E-state index contributed by atoms with van der Waals surface area (Å²) in [4.78, 5) is 12.1. The van der Waals surface area contributed by atoms with E-state index in [9.17, 15) is 18.0 Å². The summed E-state index contributed by atoms with van der Waals surface area (Å²) in [7, 11) is 0. The number of benzene rings is 1. The Morgan fingerprint density at radius 2 is 2.05 bits per heavy atom. The minimum Gasteiger partial charge on any atom is -0.481 e. The molecule has 0 bridgehead atoms. The van der Waals surface area contributed by atoms with Crippen molar-refractivity contribution in [2.75, 3.05) is 18.0 Å². The molecule has 0 aliphatic heterocycles. The highest BCUT2D eigenvalue weighted by Gasteiger charge is 2.21. The van der Waals surface area contributed by atoms with Gasteiger partial charge in [-0.2, -0.15) is 0 Å². The molecule has 104 valence electrons. The first kappa shape index (κ1) is 15.1. The van der Waals surface area contributed by atoms with Gasteiger partial charge in [0.2, 0.25) is 0 Å². The molecule has 0 saturated carbocycles. The molecule has 6 heteroatoms. The number of aliphatic carboxylic acids is 1. The second-order valence-electron chi connectivity index (χ2n) is 4.13. The standard InChI is InChI=1S/C13H14F3NO2/c1-3-6-17(7-8(2)13(18)19)10-5-4-9(14)11(15)12(10)16/h3-5,8H,1,6-7H2,2H3,(H,18,19). The molecule has 1 rings (SSSR count). The van der Waals surface area contributed by atoms with Crippen LogP contribution in [0.1, 0.15) is 6.92 Å². The molecule has 1 atom stereocenters. The van der Waals surface area contributed by atoms with Crippen LogP contribution in [0, 0.1) is 23.4 Å². The molecule has 0 heterocycles. The van der Waals surface area contributed by atoms with Gasteiger partial charge in [-0.15, -0.1) is 6.58 Å². The molecule has 0 aromatic heterocycles. The van der Waals surface area contributed by atoms with Crippen molar-refractivity contribution in [2.24, 2.45) is 5.92 Å². The Morgan fingerprint density at radius 3 is 2.58 bits per heavy atom. The molecule has 1 unspecified atom stereocenters. The predicted molar refractivity (Wildman–Crippen MR) is 65.5 cm³/mol. The molecule has 0 saturated heterocycles. The number of rotatable bonds is 6. The molecule has 1 aromatic rings. The summed E-state index contributed by atoms with van der Waals surface area (Å²) in [6, 6.07) is 1.88. The third-order valence-corrected chi connectivity index (χ3v) is 2.62. The maximum atomic E-state index is 13.6. The van der Waals surface area contributed by atoms with Crippen LogP contribution in [0.4, 0.5) is 18.9 Å². The predicted octanol–water partition coefficient (Wildman–Crippen LogP) is 2.82. The summed E-state index contributed by atoms with van der Waals surface area (Å²) in [5.41, 5.74) is -0.188. The Hall–Kier alpha value is -1.98. The lowest BCUT2D eigenvalue weighted by Gasteiger charge is -2.25. The second kappa shape index (κ2) is 6.26. The normalized spacial score (nSPS) is 12.0. The smallest absolute Gasteiger partial charge is 0.308 e. The van der Waals surface area contributed by atoms with Gasteiger partial charge in [-0.05, 0) is 12.1 Å². The zero-order valence-electron chi connectivity index (χ0n) is 10.4. The number of anilines is 1. The second-order valence-corrected chi connectivity index (χ2v) is 4.13. The van der Waals surface area contributed by atoms with Gasteiger partial charge in [-0.3, -0.25) is 4.79 Å². The first-order chi connectivity index (χ1) is 8.88. The molecule has 19 heavy (non-hydrogen) atoms. The summed E-state index contributed by atoms with van der Waals surface area (Å²) in [5, 5.41) is 8.83. The Labute approximate surface area is 109 Å². The molecule has 0 fully saturated rings. The summed E-state index contributed by atoms with van der Waals surface area (Å²) in [5.74, 6) is -6.04. The monoisotopic (exact) mass is 273 g/mol. The van der Waals surface area contributed by atoms with Gasteiger partial charge in [0, 0.05) is 13.1 Å². The van der Waals surface area contributed by atoms with Crippen LogP contribution in [0.15, 0.2) is 24.8 Å². The number of halogens is 3. The van der Waals surface area contributed by atoms with Gasteiger partial charge in [-0.1, -0.05) is 13.0 Å². The quantitative estimate of drug-likeness (QED) is 0.640. The number of carboxylic acid groups (broad SMARTS) is 1. The van der Waals surface area contributed by atoms with Crippen molar-refractivity contribution < 1.29 is 23.1 Å². The number of carbonyl (C=O) groups is 1. The first-order valence-electron chi connectivity index (χ1n) is 5.60. The van der Waals surface area contributed by atoms with Crippen LogP contribution in [-0.2, 0) is 4.79 Å². The fraction of sp³-hybridized carbons (Fsp3) is 0.308. The van der Waals surface area contributed by atoms with E-state index in [0.29, 0.717) is 0 Å². The number of carboxylic acids is 1. The van der Waals surface area contributed by atoms with Gasteiger partial charge >= 0.3 is 5.97 Å². The highest BCUT2D eigenvalue weighted by molar-refractivity contribution is 5.70. The van der Waals surface area contributed by atoms with Crippen LogP contribution in [-0.4, -0.2) is 24.2 Å². The molecule has 1 aromatic carbocycles. The Balaban J connectivity index is 3.09. The highest BCUT2D eigenvalue weighted by atomic mass is 19.2. The number of hydrogen-bond acceptors (Lipinski definition) is 2. The SMILES string of the molecule is C=CCN(CC(C)C(=O)O)c1ccc(F)c(F)c1F. The average molecular weight is 273 g/mol. The van der Waals surface area contributed by atoms with Gasteiger partial charge in [0.15, 0.2) is 17.5 Å². The van der Waals surface area contributed by atoms with Crippen LogP contribution in [0.3, 0.4) is 0 Å². The molecule has 0 amide bonds. The van der Waals surface area contributed by atoms with Gasteiger partial charge in [0.1, 0.15) is 0 Å². The molecule has 1 N–H and O–H groups in total. The highest BCUT2D eigenvalue weighted by Crippen LogP contribution is 2.24. The van der Waals surface area contributed by atoms with E-state index < -0.39 is 29.3 Å². The number of hydrogen-bond donors (Lipinski definition) is 1. The van der Waals surface area contributed by atoms with Crippen molar-refractivity contribution >= 4 is 11.7 Å². The average Bonchev–Trinajstić information content (AvgIpc) is 2.35. The topological polar surface area (TPSA) is 40.5 Å². The lowest BCUT2D eigenvalue weighted by Crippen LogP contribution is -2.32. The van der Waals surface area contributed by atoms with Gasteiger partial charge in [0.25, 0.3) is 0 Å². The maximum Gasteiger partial charge on any atom is 0.308 e. The maximum absolute atomic E-state index is 13.6. The summed E-state index contributed by atoms with van der Waals surface area (Å²) in [6.45, 7) is 5.00. The van der Waals surface area contributed by atoms with Crippen LogP contribution >= 0.6 is 0 Å². The van der Waals surface area contributed by atoms with E-state index in [1.54, 1.807) is 0 Å². The van der Waals surface area contributed by atoms with Gasteiger partial charge in [-0.25, -0.2) is 13.2 Å². The third-order valence-electron chi connectivity index (χ3n) is 2.62. The van der Waals surface area contributed by atoms with Crippen molar-refractivity contribution in [2.45, 2.75) is 6.92 Å². The van der Waals surface area contributed by atoms with Crippen molar-refractivity contribution in [1.29, 1.82) is 0 Å². The molecule has 0 aliphatic rings. The lowest BCUT2D eigenvalue weighted by molar-refractivity contribution is -0.140. The lowest BCUT2D eigenvalue weighted by atomic mass is 10.1. The zero-order valence-corrected chi connectivity index (χ0v) is 10.4. The fourth-order valence-electron chi connectivity index (χ4n) is 1.60. The molecule has 3 nitrogen and oxygen atoms in total. The van der Waals surface area contributed by atoms with Crippen LogP contribution in [0.25, 0.3) is 0 Å². The van der Waals surface area contributed by atoms with E-state index >= 15 is 0 Å². The van der Waals surface area contributed by atoms with Crippen LogP contribution in [0.2, 0.25) is 0 Å². The first-order valence-corrected chi connectivity index (χ1v) is 5.60. The van der Waals surface area contributed by atoms with Gasteiger partial charge in [0.05, 0.1) is 11.6 Å². The Bertz CT molecular complexity index is 491. The fourth-order valence-corrected chi connectivity index (χ4v) is 1.60. The molecular formula is C13H14F3NO2. The van der Waals surface area contributed by atoms with Crippen molar-refractivity contribution in [3.8, 4) is 0 Å². The minimum absolute atomic E-state index is 0.0383. The summed E-state index contributed by atoms with van der Waals surface area (Å²) < 4.78 is 39.7. The number of nitrogens with zero attached hydrogens (tertiary/aromatic N) is 1. The van der Waals surface area contributed by atoms with E-state index in [1.807, 2.05) is 0 Å². The summed E-state index contributed by atoms with van der Waals surface area (Å²) in [6.07, 6.45) is 1.43. The van der Waals surface area contributed by atoms with E-state index in [4.69, 9.17) is 5.11 Å². The van der Waals surface area contributed by atoms with E-state index in [1.165, 1.54) is 17.9 Å². The van der Waals surface area contributed by atoms with Crippen LogP contribution < -0.4 is 4.90 Å². The van der Waals surface area contributed by atoms with E-state index in [0.717, 1.165) is 12.1 Å². The molecule has 0 radical (unpaired) electrons. The van der Waals surface area contributed by atoms with E-state index in [-0.39, 0.29) is 18.8 Å². The molecule has 0 aliphatic carbocycles. The largest absolute Gasteiger partial charge is 0.481 e. The minimum atomic E-state index is -1.57. The molecule has 0 spiro atoms. The van der Waals surface area contributed by atoms with Gasteiger partial charge < -0.3 is 10.0 Å². The van der Waals surface area contributed by atoms with E-state index in [2.05, 4.69) is 6.58 Å². The van der Waals surface area contributed by atoms with Crippen LogP contribution in [0.5, 0.6) is 0 Å². The Kier molecular flexibility index (Phi) is 4.97. The third kappa shape index (κ3) is 3.49. The van der Waals surface area contributed by atoms with Crippen molar-refractivity contribution in [3.63, 3.8) is 0 Å².